The fourth-order valence-electron chi connectivity index (χ4n) is 17.1. The van der Waals surface area contributed by atoms with E-state index in [9.17, 15) is 31.1 Å². The third kappa shape index (κ3) is 21.3. The molecule has 9 aliphatic rings. The van der Waals surface area contributed by atoms with Crippen LogP contribution < -0.4 is 28.9 Å². The monoisotopic (exact) mass is 1690 g/mol. The van der Waals surface area contributed by atoms with E-state index >= 15 is 0 Å². The Morgan fingerprint density at radius 3 is 1.30 bits per heavy atom. The number of aromatic nitrogens is 9. The lowest BCUT2D eigenvalue weighted by Crippen LogP contribution is -2.49. The number of carbonyl (C=O) groups excluding carboxylic acids is 5. The molecular formula is C83H98BrF6N15O12. The Morgan fingerprint density at radius 1 is 0.487 bits per heavy atom. The summed E-state index contributed by atoms with van der Waals surface area (Å²) in [5.41, 5.74) is 11.6. The minimum atomic E-state index is -2.87. The number of piperidine rings is 3. The predicted molar refractivity (Wildman–Crippen MR) is 424 cm³/mol. The van der Waals surface area contributed by atoms with E-state index in [4.69, 9.17) is 58.3 Å². The van der Waals surface area contributed by atoms with E-state index in [2.05, 4.69) is 86.9 Å². The second-order valence-corrected chi connectivity index (χ2v) is 31.1. The van der Waals surface area contributed by atoms with Crippen LogP contribution in [0, 0.1) is 6.92 Å². The number of fused-ring (bicyclic) bond motifs is 3. The molecule has 0 amide bonds. The highest BCUT2D eigenvalue weighted by Gasteiger charge is 2.37. The molecule has 27 nitrogen and oxygen atoms in total. The van der Waals surface area contributed by atoms with Crippen LogP contribution in [0.1, 0.15) is 147 Å². The molecule has 6 aromatic heterocycles. The number of H-pyrrole nitrogens is 1. The van der Waals surface area contributed by atoms with Gasteiger partial charge in [-0.1, -0.05) is 53.4 Å². The summed E-state index contributed by atoms with van der Waals surface area (Å²) in [5, 5.41) is 21.0. The molecule has 0 radical (unpaired) electrons. The van der Waals surface area contributed by atoms with Gasteiger partial charge < -0.3 is 47.9 Å². The fraction of sp³-hybridized carbons (Fsp3) is 0.530. The van der Waals surface area contributed by atoms with E-state index in [0.717, 1.165) is 237 Å². The zero-order chi connectivity index (χ0) is 81.9. The molecule has 0 unspecified atom stereocenters. The third-order valence-electron chi connectivity index (χ3n) is 23.5. The average Bonchev–Trinajstić information content (AvgIpc) is 1.61. The van der Waals surface area contributed by atoms with Gasteiger partial charge >= 0.3 is 38.1 Å². The number of benzene rings is 3. The number of anilines is 3. The molecule has 12 heterocycles. The van der Waals surface area contributed by atoms with Gasteiger partial charge in [0.2, 0.25) is 0 Å². The van der Waals surface area contributed by atoms with Crippen molar-refractivity contribution >= 4 is 84.4 Å². The van der Waals surface area contributed by atoms with Crippen molar-refractivity contribution in [2.75, 3.05) is 140 Å². The summed E-state index contributed by atoms with van der Waals surface area (Å²) in [4.78, 5) is 73.9. The van der Waals surface area contributed by atoms with E-state index < -0.39 is 25.8 Å². The molecule has 0 bridgehead atoms. The van der Waals surface area contributed by atoms with Gasteiger partial charge in [-0.3, -0.25) is 19.8 Å². The number of ether oxygens (including phenoxy) is 7. The number of carbonyl (C=O) groups is 1. The van der Waals surface area contributed by atoms with Crippen molar-refractivity contribution in [2.45, 2.75) is 159 Å². The van der Waals surface area contributed by atoms with Gasteiger partial charge in [0.15, 0.2) is 22.6 Å². The van der Waals surface area contributed by atoms with Crippen molar-refractivity contribution in [1.82, 2.24) is 59.4 Å². The quantitative estimate of drug-likeness (QED) is 0.0617. The number of hydrogen-bond donors (Lipinski definition) is 1. The molecule has 1 N–H and O–H groups in total. The molecule has 18 rings (SSSR count). The van der Waals surface area contributed by atoms with E-state index in [1.807, 2.05) is 36.0 Å². The number of nitrogens with one attached hydrogen (secondary N) is 1. The van der Waals surface area contributed by atoms with Crippen LogP contribution in [0.25, 0.3) is 44.5 Å². The van der Waals surface area contributed by atoms with Gasteiger partial charge in [0.05, 0.1) is 103 Å². The predicted octanol–water partition coefficient (Wildman–Crippen LogP) is 13.7. The molecule has 3 aromatic carbocycles. The number of methoxy groups -OCH3 is 1. The molecule has 626 valence electrons. The van der Waals surface area contributed by atoms with Crippen molar-refractivity contribution in [3.8, 4) is 28.6 Å². The first-order valence-corrected chi connectivity index (χ1v) is 41.0. The lowest BCUT2D eigenvalue weighted by molar-refractivity contribution is -0.193. The summed E-state index contributed by atoms with van der Waals surface area (Å²) in [5.74, 6) is 1.33. The Balaban J connectivity index is 0.000000139. The Labute approximate surface area is 681 Å². The molecule has 117 heavy (non-hydrogen) atoms. The molecular weight excluding hydrogens is 1590 g/mol. The van der Waals surface area contributed by atoms with Gasteiger partial charge in [0, 0.05) is 149 Å². The Bertz CT molecular complexity index is 4790. The highest BCUT2D eigenvalue weighted by molar-refractivity contribution is 9.10. The first-order valence-electron chi connectivity index (χ1n) is 40.2. The third-order valence-corrected chi connectivity index (χ3v) is 24.0. The van der Waals surface area contributed by atoms with Crippen molar-refractivity contribution in [3.05, 3.63) is 130 Å². The van der Waals surface area contributed by atoms with Crippen LogP contribution in [0.2, 0.25) is 0 Å². The van der Waals surface area contributed by atoms with Crippen molar-refractivity contribution in [2.24, 2.45) is 0 Å². The summed E-state index contributed by atoms with van der Waals surface area (Å²) in [6, 6.07) is 27.8. The number of rotatable bonds is 18. The molecule has 3 saturated carbocycles. The van der Waals surface area contributed by atoms with Gasteiger partial charge in [-0.15, -0.1) is 0 Å². The molecule has 34 heteroatoms. The molecule has 0 spiro atoms. The SMILES string of the molecule is COC(=O)c1cc(N2CCC(N3CCOCC3)CC2)c2c(C3CCC3)[nH]nc2n1.Cc1cc(N2CCC(N3CCOCC3)CC2)c2c(C3CCC3)nn(-c3cccc(OC(F)F)c3)c2n1.FC(F)Oc1cccc(-n2nc(C3CCC3)c3c(N4CCC(N5CCOCC5)CC4)ccnc32)c1.FC(F)Oc1cccc(Br)c1.O=C=O.O=C=O. The Hall–Kier alpha value is -9.63. The number of nitrogens with zero attached hydrogens (tertiary/aromatic N) is 14. The lowest BCUT2D eigenvalue weighted by Gasteiger charge is -2.41. The zero-order valence-electron chi connectivity index (χ0n) is 65.6. The first kappa shape index (κ1) is 85.3. The van der Waals surface area contributed by atoms with Crippen LogP contribution in [0.5, 0.6) is 17.2 Å². The van der Waals surface area contributed by atoms with Gasteiger partial charge in [0.1, 0.15) is 17.2 Å². The van der Waals surface area contributed by atoms with Gasteiger partial charge in [0.25, 0.3) is 0 Å². The number of aryl methyl sites for hydroxylation is 1. The molecule has 9 aromatic rings. The molecule has 3 aliphatic carbocycles. The second kappa shape index (κ2) is 41.2. The number of esters is 1. The fourth-order valence-corrected chi connectivity index (χ4v) is 17.4. The number of morpholine rings is 3. The maximum absolute atomic E-state index is 12.9. The highest BCUT2D eigenvalue weighted by Crippen LogP contribution is 2.47. The number of pyridine rings is 3. The summed E-state index contributed by atoms with van der Waals surface area (Å²) in [6.45, 7) is 10.6. The summed E-state index contributed by atoms with van der Waals surface area (Å²) in [6.07, 6.45) is 19.6. The van der Waals surface area contributed by atoms with Crippen molar-refractivity contribution in [3.63, 3.8) is 0 Å². The van der Waals surface area contributed by atoms with Gasteiger partial charge in [-0.25, -0.2) is 29.1 Å². The number of aromatic amines is 1. The van der Waals surface area contributed by atoms with Crippen molar-refractivity contribution in [1.29, 1.82) is 0 Å². The van der Waals surface area contributed by atoms with E-state index in [-0.39, 0.29) is 29.6 Å². The van der Waals surface area contributed by atoms with Crippen LogP contribution in [0.15, 0.2) is 102 Å². The molecule has 6 saturated heterocycles. The molecule has 0 atom stereocenters. The summed E-state index contributed by atoms with van der Waals surface area (Å²) < 4.78 is 114. The zero-order valence-corrected chi connectivity index (χ0v) is 67.2. The lowest BCUT2D eigenvalue weighted by atomic mass is 9.82. The second-order valence-electron chi connectivity index (χ2n) is 30.2. The number of hydrogen-bond acceptors (Lipinski definition) is 24. The van der Waals surface area contributed by atoms with E-state index in [1.54, 1.807) is 41.1 Å². The maximum Gasteiger partial charge on any atom is 0.387 e. The smallest absolute Gasteiger partial charge is 0.387 e. The Kier molecular flexibility index (Phi) is 30.0. The van der Waals surface area contributed by atoms with Crippen LogP contribution in [-0.2, 0) is 38.1 Å². The Morgan fingerprint density at radius 2 is 0.889 bits per heavy atom. The van der Waals surface area contributed by atoms with Crippen LogP contribution in [0.4, 0.5) is 43.4 Å². The normalized spacial score (nSPS) is 18.9. The van der Waals surface area contributed by atoms with Gasteiger partial charge in [-0.2, -0.15) is 60.8 Å². The van der Waals surface area contributed by atoms with Crippen LogP contribution in [0.3, 0.4) is 0 Å². The summed E-state index contributed by atoms with van der Waals surface area (Å²) >= 11 is 3.13. The minimum Gasteiger partial charge on any atom is -0.464 e. The maximum atomic E-state index is 12.9. The summed E-state index contributed by atoms with van der Waals surface area (Å²) in [7, 11) is 1.39. The van der Waals surface area contributed by atoms with Crippen LogP contribution >= 0.6 is 15.9 Å². The molecule has 6 aliphatic heterocycles. The van der Waals surface area contributed by atoms with Gasteiger partial charge in [-0.05, 0) is 145 Å². The highest BCUT2D eigenvalue weighted by atomic mass is 79.9. The van der Waals surface area contributed by atoms with E-state index in [0.29, 0.717) is 58.6 Å². The van der Waals surface area contributed by atoms with Crippen molar-refractivity contribution < 1.29 is 83.5 Å². The topological polar surface area (TPSA) is 272 Å². The number of alkyl halides is 6. The number of halogens is 7. The van der Waals surface area contributed by atoms with Crippen LogP contribution in [-0.4, -0.2) is 241 Å². The molecule has 9 fully saturated rings. The minimum absolute atomic E-state index is 0.118. The van der Waals surface area contributed by atoms with E-state index in [1.165, 1.54) is 80.5 Å². The largest absolute Gasteiger partial charge is 0.464 e. The standard InChI is InChI=1S/C27H33F2N5O2.C26H31F2N5O2.C21H29N5O3.C7H5BrF2O.2CO2/c1-18-16-23(33-10-8-20(9-11-33)32-12-14-35-15-13-32)24-25(19-4-2-5-19)31-34(26(24)30-18)21-6-3-7-22(17-21)36-27(28)29;27-26(28)35-21-6-2-5-20(17-21)33-25-23(24(30-33)18-3-1-4-18)22(7-10-29-25)32-11-8-19(9-12-32)31-13-15-34-16-14-31;1-28-21(27)16-13-17(18-19(14-3-2-4-14)23-24-20(18)22-16)26-7-5-15(6-8-26)25-9-11-29-12-10-25;8-5-2-1-3-6(4-5)11-7(9)10;2*2-1-3/h3,6-7,16-17,19-20,27H,2,4-5,8-15H2,1H3;2,5-7,10,17-19,26H,1,3-4,8-9,11-16H2;13-15H,2-12H2,1H3,(H,22,23,24);1-4,7H;;. The first-order chi connectivity index (χ1) is 57.0. The average molecular weight is 1690 g/mol.